The first kappa shape index (κ1) is 24.1. The lowest BCUT2D eigenvalue weighted by molar-refractivity contribution is 0.0916. The molecule has 2 aromatic heterocycles. The first-order valence-corrected chi connectivity index (χ1v) is 12.6. The molecule has 0 bridgehead atoms. The van der Waals surface area contributed by atoms with Gasteiger partial charge in [-0.15, -0.1) is 5.10 Å². The summed E-state index contributed by atoms with van der Waals surface area (Å²) in [5, 5.41) is 13.4. The maximum absolute atomic E-state index is 13.0. The van der Waals surface area contributed by atoms with Crippen molar-refractivity contribution in [1.29, 1.82) is 0 Å². The summed E-state index contributed by atoms with van der Waals surface area (Å²) in [5.41, 5.74) is 2.65. The molecule has 0 radical (unpaired) electrons. The van der Waals surface area contributed by atoms with Gasteiger partial charge in [0.15, 0.2) is 5.82 Å². The molecular formula is C27H32N6O3. The van der Waals surface area contributed by atoms with Crippen molar-refractivity contribution in [2.75, 3.05) is 19.8 Å². The summed E-state index contributed by atoms with van der Waals surface area (Å²) < 4.78 is 13.3. The Labute approximate surface area is 210 Å². The lowest BCUT2D eigenvalue weighted by atomic mass is 10.1. The third-order valence-electron chi connectivity index (χ3n) is 6.53. The molecular weight excluding hydrogens is 456 g/mol. The van der Waals surface area contributed by atoms with E-state index in [0.717, 1.165) is 54.9 Å². The van der Waals surface area contributed by atoms with Crippen LogP contribution in [0.4, 0.5) is 0 Å². The van der Waals surface area contributed by atoms with E-state index in [-0.39, 0.29) is 11.7 Å². The number of benzene rings is 2. The maximum Gasteiger partial charge on any atom is 0.252 e. The van der Waals surface area contributed by atoms with E-state index in [2.05, 4.69) is 37.5 Å². The number of ether oxygens (including phenoxy) is 2. The van der Waals surface area contributed by atoms with Crippen molar-refractivity contribution in [3.8, 4) is 5.75 Å². The molecule has 36 heavy (non-hydrogen) atoms. The number of nitrogens with one attached hydrogen (secondary N) is 1. The van der Waals surface area contributed by atoms with E-state index in [1.165, 1.54) is 5.56 Å². The molecule has 188 valence electrons. The van der Waals surface area contributed by atoms with Gasteiger partial charge in [0.2, 0.25) is 0 Å². The van der Waals surface area contributed by atoms with E-state index < -0.39 is 0 Å². The van der Waals surface area contributed by atoms with Crippen molar-refractivity contribution in [2.24, 2.45) is 0 Å². The van der Waals surface area contributed by atoms with Gasteiger partial charge in [-0.25, -0.2) is 4.68 Å². The lowest BCUT2D eigenvalue weighted by Crippen LogP contribution is -2.30. The Morgan fingerprint density at radius 3 is 2.86 bits per heavy atom. The molecule has 1 N–H and O–H groups in total. The van der Waals surface area contributed by atoms with Crippen molar-refractivity contribution in [1.82, 2.24) is 30.1 Å². The third kappa shape index (κ3) is 5.98. The molecule has 9 heteroatoms. The summed E-state index contributed by atoms with van der Waals surface area (Å²) in [4.78, 5) is 18.2. The standard InChI is InChI=1S/C27H32N6O3/c1-2-35-23-10-11-25-21(16-23)15-22(27(34)28-25)17-32(13-12-20-7-4-3-5-8-20)19-26-29-30-31-33(26)18-24-9-6-14-36-24/h3-5,7-8,10-11,15-16,24H,2,6,9,12-14,17-19H2,1H3,(H,28,34)/t24-/m0/s1. The lowest BCUT2D eigenvalue weighted by Gasteiger charge is -2.22. The molecule has 1 aliphatic heterocycles. The van der Waals surface area contributed by atoms with Crippen LogP contribution in [0.3, 0.4) is 0 Å². The zero-order valence-electron chi connectivity index (χ0n) is 20.6. The highest BCUT2D eigenvalue weighted by atomic mass is 16.5. The molecule has 1 atom stereocenters. The Balaban J connectivity index is 1.38. The summed E-state index contributed by atoms with van der Waals surface area (Å²) in [7, 11) is 0. The normalized spacial score (nSPS) is 15.7. The molecule has 1 fully saturated rings. The van der Waals surface area contributed by atoms with Gasteiger partial charge in [0.25, 0.3) is 5.56 Å². The fourth-order valence-corrected chi connectivity index (χ4v) is 4.65. The van der Waals surface area contributed by atoms with Gasteiger partial charge >= 0.3 is 0 Å². The number of pyridine rings is 1. The minimum Gasteiger partial charge on any atom is -0.494 e. The maximum atomic E-state index is 13.0. The summed E-state index contributed by atoms with van der Waals surface area (Å²) in [6, 6.07) is 18.1. The first-order chi connectivity index (χ1) is 17.7. The van der Waals surface area contributed by atoms with Gasteiger partial charge in [-0.2, -0.15) is 0 Å². The number of tetrazole rings is 1. The molecule has 0 unspecified atom stereocenters. The minimum absolute atomic E-state index is 0.0877. The Morgan fingerprint density at radius 1 is 1.17 bits per heavy atom. The van der Waals surface area contributed by atoms with Gasteiger partial charge in [0.1, 0.15) is 5.75 Å². The molecule has 0 aliphatic carbocycles. The Hall–Kier alpha value is -3.56. The molecule has 0 saturated carbocycles. The van der Waals surface area contributed by atoms with Crippen LogP contribution < -0.4 is 10.3 Å². The second-order valence-electron chi connectivity index (χ2n) is 9.16. The fraction of sp³-hybridized carbons (Fsp3) is 0.407. The number of H-pyrrole nitrogens is 1. The zero-order valence-corrected chi connectivity index (χ0v) is 20.6. The largest absolute Gasteiger partial charge is 0.494 e. The molecule has 0 spiro atoms. The Morgan fingerprint density at radius 2 is 2.06 bits per heavy atom. The highest BCUT2D eigenvalue weighted by molar-refractivity contribution is 5.80. The summed E-state index contributed by atoms with van der Waals surface area (Å²) in [6.45, 7) is 5.75. The van der Waals surface area contributed by atoms with Gasteiger partial charge in [-0.1, -0.05) is 30.3 Å². The van der Waals surface area contributed by atoms with Crippen LogP contribution in [0, 0.1) is 0 Å². The predicted molar refractivity (Wildman–Crippen MR) is 137 cm³/mol. The smallest absolute Gasteiger partial charge is 0.252 e. The van der Waals surface area contributed by atoms with Gasteiger partial charge < -0.3 is 14.5 Å². The molecule has 0 amide bonds. The van der Waals surface area contributed by atoms with Crippen LogP contribution in [0.25, 0.3) is 10.9 Å². The highest BCUT2D eigenvalue weighted by Gasteiger charge is 2.20. The van der Waals surface area contributed by atoms with E-state index >= 15 is 0 Å². The van der Waals surface area contributed by atoms with Crippen LogP contribution in [0.15, 0.2) is 59.4 Å². The minimum atomic E-state index is -0.0877. The van der Waals surface area contributed by atoms with Gasteiger partial charge in [0.05, 0.1) is 25.8 Å². The van der Waals surface area contributed by atoms with Crippen molar-refractivity contribution < 1.29 is 9.47 Å². The van der Waals surface area contributed by atoms with Gasteiger partial charge in [-0.05, 0) is 66.4 Å². The van der Waals surface area contributed by atoms with Crippen LogP contribution in [-0.4, -0.2) is 56.0 Å². The van der Waals surface area contributed by atoms with Crippen LogP contribution >= 0.6 is 0 Å². The van der Waals surface area contributed by atoms with Crippen LogP contribution in [0.5, 0.6) is 5.75 Å². The number of hydrogen-bond acceptors (Lipinski definition) is 7. The quantitative estimate of drug-likeness (QED) is 0.346. The van der Waals surface area contributed by atoms with E-state index in [9.17, 15) is 4.79 Å². The van der Waals surface area contributed by atoms with E-state index in [0.29, 0.717) is 31.8 Å². The van der Waals surface area contributed by atoms with Crippen molar-refractivity contribution in [3.05, 3.63) is 81.9 Å². The molecule has 9 nitrogen and oxygen atoms in total. The average molecular weight is 489 g/mol. The molecule has 1 saturated heterocycles. The van der Waals surface area contributed by atoms with Crippen molar-refractivity contribution in [3.63, 3.8) is 0 Å². The third-order valence-corrected chi connectivity index (χ3v) is 6.53. The van der Waals surface area contributed by atoms with Gasteiger partial charge in [0, 0.05) is 36.2 Å². The number of hydrogen-bond donors (Lipinski definition) is 1. The second-order valence-corrected chi connectivity index (χ2v) is 9.16. The zero-order chi connectivity index (χ0) is 24.7. The molecule has 4 aromatic rings. The molecule has 3 heterocycles. The topological polar surface area (TPSA) is 98.2 Å². The number of fused-ring (bicyclic) bond motifs is 1. The summed E-state index contributed by atoms with van der Waals surface area (Å²) >= 11 is 0. The van der Waals surface area contributed by atoms with E-state index in [4.69, 9.17) is 9.47 Å². The van der Waals surface area contributed by atoms with Crippen LogP contribution in [0.1, 0.15) is 36.7 Å². The van der Waals surface area contributed by atoms with Crippen molar-refractivity contribution in [2.45, 2.75) is 51.9 Å². The number of aromatic nitrogens is 5. The van der Waals surface area contributed by atoms with Crippen molar-refractivity contribution >= 4 is 10.9 Å². The number of aromatic amines is 1. The molecule has 5 rings (SSSR count). The van der Waals surface area contributed by atoms with Gasteiger partial charge in [-0.3, -0.25) is 9.69 Å². The Kier molecular flexibility index (Phi) is 7.68. The average Bonchev–Trinajstić information content (AvgIpc) is 3.56. The second kappa shape index (κ2) is 11.5. The summed E-state index contributed by atoms with van der Waals surface area (Å²) in [6.07, 6.45) is 3.09. The SMILES string of the molecule is CCOc1ccc2[nH]c(=O)c(CN(CCc3ccccc3)Cc3nnnn3C[C@@H]3CCCO3)cc2c1. The van der Waals surface area contributed by atoms with E-state index in [1.54, 1.807) is 0 Å². The molecule has 1 aliphatic rings. The fourth-order valence-electron chi connectivity index (χ4n) is 4.65. The number of nitrogens with zero attached hydrogens (tertiary/aromatic N) is 5. The Bertz CT molecular complexity index is 1330. The highest BCUT2D eigenvalue weighted by Crippen LogP contribution is 2.20. The van der Waals surface area contributed by atoms with Crippen LogP contribution in [-0.2, 0) is 30.8 Å². The predicted octanol–water partition coefficient (Wildman–Crippen LogP) is 3.34. The number of rotatable bonds is 11. The van der Waals surface area contributed by atoms with E-state index in [1.807, 2.05) is 54.1 Å². The summed E-state index contributed by atoms with van der Waals surface area (Å²) in [5.74, 6) is 1.56. The molecule has 2 aromatic carbocycles. The van der Waals surface area contributed by atoms with Crippen LogP contribution in [0.2, 0.25) is 0 Å². The first-order valence-electron chi connectivity index (χ1n) is 12.6. The monoisotopic (exact) mass is 488 g/mol.